The Hall–Kier alpha value is -1.50. The molecule has 0 aliphatic carbocycles. The fourth-order valence-corrected chi connectivity index (χ4v) is 0.247. The minimum absolute atomic E-state index is 0.495. The van der Waals surface area contributed by atoms with Gasteiger partial charge in [0.15, 0.2) is 0 Å². The topological polar surface area (TPSA) is 99.0 Å². The van der Waals surface area contributed by atoms with Crippen molar-refractivity contribution in [1.29, 1.82) is 0 Å². The summed E-state index contributed by atoms with van der Waals surface area (Å²) in [5.74, 6) is -2.65. The van der Waals surface area contributed by atoms with Crippen LogP contribution in [-0.4, -0.2) is 33.4 Å². The number of hydrogen-bond donors (Lipinski definition) is 3. The third-order valence-electron chi connectivity index (χ3n) is 0.535. The number of nitrogens with one attached hydrogen (secondary N) is 1. The first kappa shape index (κ1) is 9.50. The average Bonchev–Trinajstić information content (AvgIpc) is 1.86. The van der Waals surface area contributed by atoms with Crippen LogP contribution >= 0.6 is 12.2 Å². The summed E-state index contributed by atoms with van der Waals surface area (Å²) in [5.41, 5.74) is 1.83. The van der Waals surface area contributed by atoms with Crippen LogP contribution in [0.25, 0.3) is 0 Å². The number of carboxylic acids is 2. The summed E-state index contributed by atoms with van der Waals surface area (Å²) in [4.78, 5) is 19.2. The molecule has 0 aromatic rings. The molecule has 0 aromatic heterocycles. The van der Waals surface area contributed by atoms with Crippen molar-refractivity contribution in [3.8, 4) is 0 Å². The Morgan fingerprint density at radius 3 is 2.36 bits per heavy atom. The number of carboxylic acid groups (broad SMARTS) is 2. The molecule has 0 radical (unpaired) electrons. The highest BCUT2D eigenvalue weighted by molar-refractivity contribution is 7.81. The number of rotatable bonds is 2. The molecule has 0 spiro atoms. The normalized spacial score (nSPS) is 9.45. The van der Waals surface area contributed by atoms with E-state index in [1.54, 1.807) is 0 Å². The quantitative estimate of drug-likeness (QED) is 0.285. The summed E-state index contributed by atoms with van der Waals surface area (Å²) in [6.07, 6.45) is 0.495. The highest BCUT2D eigenvalue weighted by Gasteiger charge is 2.02. The number of aliphatic carboxylic acids is 2. The van der Waals surface area contributed by atoms with Crippen LogP contribution in [0.2, 0.25) is 0 Å². The Bertz CT molecular complexity index is 224. The lowest BCUT2D eigenvalue weighted by molar-refractivity contribution is -0.130. The van der Waals surface area contributed by atoms with Gasteiger partial charge in [-0.25, -0.2) is 9.59 Å². The first-order valence-electron chi connectivity index (χ1n) is 2.33. The molecule has 60 valence electrons. The second-order valence-corrected chi connectivity index (χ2v) is 1.75. The highest BCUT2D eigenvalue weighted by atomic mass is 32.1. The largest absolute Gasteiger partial charge is 0.477 e. The zero-order valence-electron chi connectivity index (χ0n) is 5.14. The van der Waals surface area contributed by atoms with Crippen LogP contribution < -0.4 is 5.43 Å². The maximum atomic E-state index is 9.95. The first-order chi connectivity index (χ1) is 5.04. The molecule has 0 saturated carbocycles. The van der Waals surface area contributed by atoms with Crippen molar-refractivity contribution in [2.75, 3.05) is 0 Å². The SMILES string of the molecule is O=C(O)/C=N/NC(=S)C(=O)O. The standard InChI is InChI=1S/C4H4N2O4S/c7-2(8)1-5-6-3(11)4(9)10/h1H,(H,6,11)(H,7,8)(H,9,10)/b5-1+. The van der Waals surface area contributed by atoms with Crippen molar-refractivity contribution in [2.45, 2.75) is 0 Å². The number of hydrazone groups is 1. The van der Waals surface area contributed by atoms with E-state index in [9.17, 15) is 9.59 Å². The van der Waals surface area contributed by atoms with Crippen LogP contribution in [0, 0.1) is 0 Å². The molecule has 0 saturated heterocycles. The van der Waals surface area contributed by atoms with E-state index in [1.165, 1.54) is 0 Å². The zero-order chi connectivity index (χ0) is 8.85. The van der Waals surface area contributed by atoms with E-state index in [1.807, 2.05) is 5.43 Å². The molecule has 0 aromatic carbocycles. The molecule has 7 heteroatoms. The van der Waals surface area contributed by atoms with Crippen LogP contribution in [0.3, 0.4) is 0 Å². The van der Waals surface area contributed by atoms with Crippen molar-refractivity contribution in [3.63, 3.8) is 0 Å². The Morgan fingerprint density at radius 2 is 2.00 bits per heavy atom. The first-order valence-corrected chi connectivity index (χ1v) is 2.74. The Balaban J connectivity index is 3.80. The molecule has 0 aliphatic heterocycles. The maximum Gasteiger partial charge on any atom is 0.365 e. The van der Waals surface area contributed by atoms with E-state index < -0.39 is 16.9 Å². The van der Waals surface area contributed by atoms with Gasteiger partial charge in [0.2, 0.25) is 4.99 Å². The predicted octanol–water partition coefficient (Wildman–Crippen LogP) is -0.942. The second-order valence-electron chi connectivity index (χ2n) is 1.34. The van der Waals surface area contributed by atoms with Crippen LogP contribution in [0.1, 0.15) is 0 Å². The number of hydrogen-bond acceptors (Lipinski definition) is 4. The number of carbonyl (C=O) groups is 2. The van der Waals surface area contributed by atoms with E-state index in [2.05, 4.69) is 17.3 Å². The van der Waals surface area contributed by atoms with Gasteiger partial charge < -0.3 is 10.2 Å². The molecule has 0 aliphatic rings. The van der Waals surface area contributed by atoms with Crippen molar-refractivity contribution >= 4 is 35.4 Å². The summed E-state index contributed by atoms with van der Waals surface area (Å²) in [6, 6.07) is 0. The van der Waals surface area contributed by atoms with Gasteiger partial charge in [0, 0.05) is 0 Å². The number of thiocarbonyl (C=S) groups is 1. The van der Waals surface area contributed by atoms with Crippen LogP contribution in [0.15, 0.2) is 5.10 Å². The van der Waals surface area contributed by atoms with Gasteiger partial charge in [-0.1, -0.05) is 12.2 Å². The Morgan fingerprint density at radius 1 is 1.45 bits per heavy atom. The smallest absolute Gasteiger partial charge is 0.365 e. The van der Waals surface area contributed by atoms with E-state index in [-0.39, 0.29) is 0 Å². The Kier molecular flexibility index (Phi) is 3.75. The summed E-state index contributed by atoms with van der Waals surface area (Å²) in [7, 11) is 0. The zero-order valence-corrected chi connectivity index (χ0v) is 5.96. The van der Waals surface area contributed by atoms with Gasteiger partial charge in [-0.3, -0.25) is 5.43 Å². The molecule has 0 bridgehead atoms. The number of nitrogens with zero attached hydrogens (tertiary/aromatic N) is 1. The minimum atomic E-state index is -1.36. The van der Waals surface area contributed by atoms with Gasteiger partial charge in [0.05, 0.1) is 0 Å². The summed E-state index contributed by atoms with van der Waals surface area (Å²) >= 11 is 4.21. The molecular weight excluding hydrogens is 172 g/mol. The molecular formula is C4H4N2O4S. The fourth-order valence-electron chi connectivity index (χ4n) is 0.194. The monoisotopic (exact) mass is 176 g/mol. The van der Waals surface area contributed by atoms with E-state index >= 15 is 0 Å². The van der Waals surface area contributed by atoms with Crippen molar-refractivity contribution in [2.24, 2.45) is 5.10 Å². The Labute approximate surface area is 66.5 Å². The third-order valence-corrected chi connectivity index (χ3v) is 0.801. The van der Waals surface area contributed by atoms with Crippen molar-refractivity contribution in [3.05, 3.63) is 0 Å². The molecule has 11 heavy (non-hydrogen) atoms. The van der Waals surface area contributed by atoms with Gasteiger partial charge in [-0.2, -0.15) is 5.10 Å². The molecule has 0 unspecified atom stereocenters. The lowest BCUT2D eigenvalue weighted by atomic mass is 10.7. The predicted molar refractivity (Wildman–Crippen MR) is 39.5 cm³/mol. The van der Waals surface area contributed by atoms with E-state index in [0.717, 1.165) is 0 Å². The lowest BCUT2D eigenvalue weighted by Crippen LogP contribution is -2.24. The molecule has 0 fully saturated rings. The summed E-state index contributed by atoms with van der Waals surface area (Å²) in [6.45, 7) is 0. The minimum Gasteiger partial charge on any atom is -0.477 e. The summed E-state index contributed by atoms with van der Waals surface area (Å²) < 4.78 is 0. The second kappa shape index (κ2) is 4.34. The van der Waals surface area contributed by atoms with E-state index in [0.29, 0.717) is 6.21 Å². The molecule has 0 heterocycles. The molecule has 6 nitrogen and oxygen atoms in total. The van der Waals surface area contributed by atoms with E-state index in [4.69, 9.17) is 10.2 Å². The lowest BCUT2D eigenvalue weighted by Gasteiger charge is -1.92. The molecule has 3 N–H and O–H groups in total. The van der Waals surface area contributed by atoms with Gasteiger partial charge in [-0.05, 0) is 0 Å². The van der Waals surface area contributed by atoms with Gasteiger partial charge in [-0.15, -0.1) is 0 Å². The fraction of sp³-hybridized carbons (Fsp3) is 0. The van der Waals surface area contributed by atoms with Crippen LogP contribution in [0.5, 0.6) is 0 Å². The summed E-state index contributed by atoms with van der Waals surface area (Å²) in [5, 5.41) is 19.1. The van der Waals surface area contributed by atoms with Gasteiger partial charge >= 0.3 is 11.9 Å². The highest BCUT2D eigenvalue weighted by Crippen LogP contribution is 1.71. The van der Waals surface area contributed by atoms with Gasteiger partial charge in [0.25, 0.3) is 0 Å². The molecule has 0 rings (SSSR count). The van der Waals surface area contributed by atoms with Crippen LogP contribution in [0.4, 0.5) is 0 Å². The maximum absolute atomic E-state index is 9.95. The third kappa shape index (κ3) is 4.97. The van der Waals surface area contributed by atoms with Crippen molar-refractivity contribution < 1.29 is 19.8 Å². The van der Waals surface area contributed by atoms with Crippen LogP contribution in [-0.2, 0) is 9.59 Å². The van der Waals surface area contributed by atoms with Crippen molar-refractivity contribution in [1.82, 2.24) is 5.43 Å². The molecule has 0 atom stereocenters. The molecule has 0 amide bonds. The average molecular weight is 176 g/mol. The van der Waals surface area contributed by atoms with Gasteiger partial charge in [0.1, 0.15) is 6.21 Å².